The number of aryl methyl sites for hydroxylation is 2. The van der Waals surface area contributed by atoms with Gasteiger partial charge in [0.25, 0.3) is 5.56 Å². The van der Waals surface area contributed by atoms with Gasteiger partial charge in [-0.15, -0.1) is 0 Å². The van der Waals surface area contributed by atoms with Crippen molar-refractivity contribution in [3.63, 3.8) is 0 Å². The molecule has 9 nitrogen and oxygen atoms in total. The average molecular weight is 477 g/mol. The molecule has 3 aromatic rings. The van der Waals surface area contributed by atoms with E-state index in [-0.39, 0.29) is 30.5 Å². The standard InChI is InChI=1S/C26H32N6O3/c1-18-15-19(2)32(29-18)17-22(33)30(14-13-20-9-5-3-6-10-20)23-24(27)31(26(35)28-25(23)34)16-21-11-7-4-8-12-21/h4,7-9,11-12,15H,3,5-6,10,13-14,16-17,27H2,1-2H3,(H,28,34,35). The Morgan fingerprint density at radius 2 is 1.94 bits per heavy atom. The summed E-state index contributed by atoms with van der Waals surface area (Å²) in [6.07, 6.45) is 7.16. The topological polar surface area (TPSA) is 119 Å². The van der Waals surface area contributed by atoms with Crippen molar-refractivity contribution >= 4 is 17.4 Å². The van der Waals surface area contributed by atoms with Crippen LogP contribution in [0.5, 0.6) is 0 Å². The van der Waals surface area contributed by atoms with E-state index in [1.165, 1.54) is 21.5 Å². The van der Waals surface area contributed by atoms with Gasteiger partial charge in [0.05, 0.1) is 12.2 Å². The summed E-state index contributed by atoms with van der Waals surface area (Å²) in [5.41, 5.74) is 8.92. The lowest BCUT2D eigenvalue weighted by molar-refractivity contribution is -0.119. The number of nitrogens with two attached hydrogens (primary N) is 1. The number of allylic oxidation sites excluding steroid dienone is 1. The minimum absolute atomic E-state index is 0.00321. The first-order valence-corrected chi connectivity index (χ1v) is 12.0. The molecule has 0 aliphatic heterocycles. The molecule has 0 unspecified atom stereocenters. The molecule has 9 heteroatoms. The molecule has 0 spiro atoms. The van der Waals surface area contributed by atoms with Crippen LogP contribution in [0.2, 0.25) is 0 Å². The van der Waals surface area contributed by atoms with E-state index in [0.29, 0.717) is 13.0 Å². The van der Waals surface area contributed by atoms with Gasteiger partial charge in [-0.05, 0) is 57.6 Å². The number of carbonyl (C=O) groups excluding carboxylic acids is 1. The zero-order valence-electron chi connectivity index (χ0n) is 20.3. The number of H-pyrrole nitrogens is 1. The van der Waals surface area contributed by atoms with Gasteiger partial charge in [0, 0.05) is 12.2 Å². The zero-order chi connectivity index (χ0) is 24.9. The van der Waals surface area contributed by atoms with Crippen molar-refractivity contribution in [1.82, 2.24) is 19.3 Å². The lowest BCUT2D eigenvalue weighted by atomic mass is 9.97. The molecule has 0 saturated carbocycles. The summed E-state index contributed by atoms with van der Waals surface area (Å²) in [5, 5.41) is 4.39. The van der Waals surface area contributed by atoms with E-state index >= 15 is 0 Å². The third-order valence-corrected chi connectivity index (χ3v) is 6.40. The number of nitrogens with one attached hydrogen (secondary N) is 1. The summed E-state index contributed by atoms with van der Waals surface area (Å²) in [4.78, 5) is 43.0. The van der Waals surface area contributed by atoms with Crippen molar-refractivity contribution < 1.29 is 4.79 Å². The van der Waals surface area contributed by atoms with Crippen LogP contribution < -0.4 is 21.9 Å². The third kappa shape index (κ3) is 5.62. The number of rotatable bonds is 8. The molecular weight excluding hydrogens is 444 g/mol. The van der Waals surface area contributed by atoms with Crippen LogP contribution in [-0.2, 0) is 17.9 Å². The molecular formula is C26H32N6O3. The SMILES string of the molecule is Cc1cc(C)n(CC(=O)N(CCC2=CCCCC2)c2c(N)n(Cc3ccccc3)c(=O)[nH]c2=O)n1. The Labute approximate surface area is 203 Å². The lowest BCUT2D eigenvalue weighted by Crippen LogP contribution is -2.43. The van der Waals surface area contributed by atoms with Gasteiger partial charge in [-0.1, -0.05) is 42.0 Å². The highest BCUT2D eigenvalue weighted by Gasteiger charge is 2.25. The third-order valence-electron chi connectivity index (χ3n) is 6.40. The van der Waals surface area contributed by atoms with Crippen molar-refractivity contribution in [2.24, 2.45) is 0 Å². The number of carbonyl (C=O) groups is 1. The van der Waals surface area contributed by atoms with Gasteiger partial charge in [0.2, 0.25) is 5.91 Å². The van der Waals surface area contributed by atoms with Crippen LogP contribution in [0.1, 0.15) is 49.1 Å². The Kier molecular flexibility index (Phi) is 7.33. The summed E-state index contributed by atoms with van der Waals surface area (Å²) in [6, 6.07) is 11.3. The molecule has 0 bridgehead atoms. The number of aromatic amines is 1. The summed E-state index contributed by atoms with van der Waals surface area (Å²) in [7, 11) is 0. The number of nitrogen functional groups attached to an aromatic ring is 1. The maximum atomic E-state index is 13.6. The van der Waals surface area contributed by atoms with Crippen molar-refractivity contribution in [2.45, 2.75) is 59.0 Å². The van der Waals surface area contributed by atoms with Crippen molar-refractivity contribution in [3.8, 4) is 0 Å². The van der Waals surface area contributed by atoms with Gasteiger partial charge < -0.3 is 10.6 Å². The van der Waals surface area contributed by atoms with Crippen molar-refractivity contribution in [3.05, 3.63) is 85.8 Å². The molecule has 0 saturated heterocycles. The van der Waals surface area contributed by atoms with Gasteiger partial charge >= 0.3 is 5.69 Å². The van der Waals surface area contributed by atoms with Gasteiger partial charge in [-0.3, -0.25) is 23.8 Å². The smallest absolute Gasteiger partial charge is 0.330 e. The Morgan fingerprint density at radius 1 is 1.17 bits per heavy atom. The molecule has 0 radical (unpaired) electrons. The Bertz CT molecular complexity index is 1350. The minimum atomic E-state index is -0.670. The molecule has 1 aromatic carbocycles. The minimum Gasteiger partial charge on any atom is -0.383 e. The van der Waals surface area contributed by atoms with Crippen LogP contribution in [0.4, 0.5) is 11.5 Å². The molecule has 0 fully saturated rings. The van der Waals surface area contributed by atoms with E-state index in [4.69, 9.17) is 5.73 Å². The van der Waals surface area contributed by atoms with Crippen LogP contribution in [0.3, 0.4) is 0 Å². The summed E-state index contributed by atoms with van der Waals surface area (Å²) in [5.74, 6) is -0.336. The number of amides is 1. The molecule has 184 valence electrons. The molecule has 0 atom stereocenters. The van der Waals surface area contributed by atoms with Crippen LogP contribution in [0, 0.1) is 13.8 Å². The van der Waals surface area contributed by atoms with Crippen LogP contribution in [-0.4, -0.2) is 31.8 Å². The van der Waals surface area contributed by atoms with Gasteiger partial charge in [0.15, 0.2) is 5.69 Å². The number of aromatic nitrogens is 4. The number of nitrogens with zero attached hydrogens (tertiary/aromatic N) is 4. The van der Waals surface area contributed by atoms with E-state index in [9.17, 15) is 14.4 Å². The van der Waals surface area contributed by atoms with Crippen LogP contribution in [0.15, 0.2) is 57.6 Å². The van der Waals surface area contributed by atoms with Gasteiger partial charge in [-0.2, -0.15) is 5.10 Å². The first kappa shape index (κ1) is 24.3. The largest absolute Gasteiger partial charge is 0.383 e. The Hall–Kier alpha value is -3.88. The fourth-order valence-corrected chi connectivity index (χ4v) is 4.56. The number of hydrogen-bond donors (Lipinski definition) is 2. The second-order valence-electron chi connectivity index (χ2n) is 9.05. The number of anilines is 2. The predicted octanol–water partition coefficient (Wildman–Crippen LogP) is 2.90. The highest BCUT2D eigenvalue weighted by molar-refractivity contribution is 5.95. The molecule has 1 aliphatic carbocycles. The maximum Gasteiger partial charge on any atom is 0.330 e. The summed E-state index contributed by atoms with van der Waals surface area (Å²) < 4.78 is 2.92. The quantitative estimate of drug-likeness (QED) is 0.485. The highest BCUT2D eigenvalue weighted by atomic mass is 16.2. The van der Waals surface area contributed by atoms with E-state index in [1.54, 1.807) is 4.68 Å². The second kappa shape index (κ2) is 10.6. The average Bonchev–Trinajstić information content (AvgIpc) is 3.16. The monoisotopic (exact) mass is 476 g/mol. The molecule has 2 aromatic heterocycles. The van der Waals surface area contributed by atoms with Crippen molar-refractivity contribution in [2.75, 3.05) is 17.2 Å². The number of hydrogen-bond acceptors (Lipinski definition) is 5. The Balaban J connectivity index is 1.72. The zero-order valence-corrected chi connectivity index (χ0v) is 20.3. The van der Waals surface area contributed by atoms with Crippen molar-refractivity contribution in [1.29, 1.82) is 0 Å². The normalized spacial score (nSPS) is 13.5. The highest BCUT2D eigenvalue weighted by Crippen LogP contribution is 2.24. The summed E-state index contributed by atoms with van der Waals surface area (Å²) in [6.45, 7) is 4.19. The molecule has 2 heterocycles. The molecule has 1 aliphatic rings. The molecule has 1 amide bonds. The predicted molar refractivity (Wildman–Crippen MR) is 137 cm³/mol. The second-order valence-corrected chi connectivity index (χ2v) is 9.05. The van der Waals surface area contributed by atoms with E-state index in [2.05, 4.69) is 16.2 Å². The summed E-state index contributed by atoms with van der Waals surface area (Å²) >= 11 is 0. The maximum absolute atomic E-state index is 13.6. The van der Waals surface area contributed by atoms with Gasteiger partial charge in [-0.25, -0.2) is 4.79 Å². The Morgan fingerprint density at radius 3 is 2.60 bits per heavy atom. The van der Waals surface area contributed by atoms with E-state index in [0.717, 1.165) is 36.2 Å². The van der Waals surface area contributed by atoms with E-state index in [1.807, 2.05) is 50.2 Å². The number of benzene rings is 1. The van der Waals surface area contributed by atoms with E-state index < -0.39 is 11.2 Å². The fraction of sp³-hybridized carbons (Fsp3) is 0.385. The fourth-order valence-electron chi connectivity index (χ4n) is 4.56. The first-order valence-electron chi connectivity index (χ1n) is 12.0. The molecule has 4 rings (SSSR count). The molecule has 3 N–H and O–H groups in total. The van der Waals surface area contributed by atoms with Crippen LogP contribution in [0.25, 0.3) is 0 Å². The van der Waals surface area contributed by atoms with Crippen LogP contribution >= 0.6 is 0 Å². The van der Waals surface area contributed by atoms with Gasteiger partial charge in [0.1, 0.15) is 12.4 Å². The molecule has 35 heavy (non-hydrogen) atoms. The lowest BCUT2D eigenvalue weighted by Gasteiger charge is -2.26. The first-order chi connectivity index (χ1) is 16.8.